The van der Waals surface area contributed by atoms with E-state index in [4.69, 9.17) is 23.7 Å². The minimum absolute atomic E-state index is 0.0397. The van der Waals surface area contributed by atoms with Crippen LogP contribution in [0.4, 0.5) is 5.69 Å². The molecule has 0 heterocycles. The van der Waals surface area contributed by atoms with Crippen LogP contribution in [0.1, 0.15) is 0 Å². The van der Waals surface area contributed by atoms with Gasteiger partial charge in [0.1, 0.15) is 12.4 Å². The number of rotatable bonds is 16. The number of halogens is 1. The van der Waals surface area contributed by atoms with E-state index in [0.717, 1.165) is 11.0 Å². The van der Waals surface area contributed by atoms with Crippen molar-refractivity contribution in [1.82, 2.24) is 0 Å². The Hall–Kier alpha value is -1.01. The third kappa shape index (κ3) is 12.1. The third-order valence-electron chi connectivity index (χ3n) is 2.88. The first-order chi connectivity index (χ1) is 12.2. The number of hydrogen-bond acceptors (Lipinski definition) is 7. The standard InChI is InChI=1S/C16H24INO7/c17-5-6-21-7-8-22-9-10-23-11-12-24-13-14-25-16-3-1-15(2-4-16)18(19)20/h1-4H,5-14H2. The van der Waals surface area contributed by atoms with Gasteiger partial charge in [0.2, 0.25) is 0 Å². The molecule has 25 heavy (non-hydrogen) atoms. The fraction of sp³-hybridized carbons (Fsp3) is 0.625. The lowest BCUT2D eigenvalue weighted by Crippen LogP contribution is -2.14. The molecule has 9 heteroatoms. The normalized spacial score (nSPS) is 10.8. The molecule has 0 amide bonds. The topological polar surface area (TPSA) is 89.3 Å². The monoisotopic (exact) mass is 469 g/mol. The zero-order valence-corrected chi connectivity index (χ0v) is 16.2. The Bertz CT molecular complexity index is 458. The molecule has 0 saturated heterocycles. The molecule has 0 aliphatic heterocycles. The van der Waals surface area contributed by atoms with E-state index in [0.29, 0.717) is 58.6 Å². The van der Waals surface area contributed by atoms with Crippen molar-refractivity contribution in [2.24, 2.45) is 0 Å². The highest BCUT2D eigenvalue weighted by Gasteiger charge is 2.04. The second kappa shape index (κ2) is 15.3. The predicted molar refractivity (Wildman–Crippen MR) is 101 cm³/mol. The highest BCUT2D eigenvalue weighted by Crippen LogP contribution is 2.16. The number of ether oxygens (including phenoxy) is 5. The molecule has 0 bridgehead atoms. The minimum Gasteiger partial charge on any atom is -0.491 e. The Morgan fingerprint density at radius 1 is 0.760 bits per heavy atom. The van der Waals surface area contributed by atoms with Gasteiger partial charge in [-0.3, -0.25) is 10.1 Å². The van der Waals surface area contributed by atoms with Crippen molar-refractivity contribution < 1.29 is 28.6 Å². The number of nitro benzene ring substituents is 1. The second-order valence-electron chi connectivity index (χ2n) is 4.74. The molecule has 1 aromatic carbocycles. The molecule has 0 saturated carbocycles. The van der Waals surface area contributed by atoms with Gasteiger partial charge in [-0.25, -0.2) is 0 Å². The molecule has 0 radical (unpaired) electrons. The van der Waals surface area contributed by atoms with E-state index >= 15 is 0 Å². The van der Waals surface area contributed by atoms with Crippen LogP contribution in [0.3, 0.4) is 0 Å². The van der Waals surface area contributed by atoms with Crippen LogP contribution in [0, 0.1) is 10.1 Å². The Kier molecular flexibility index (Phi) is 13.4. The molecule has 142 valence electrons. The molecule has 0 N–H and O–H groups in total. The quantitative estimate of drug-likeness (QED) is 0.121. The highest BCUT2D eigenvalue weighted by molar-refractivity contribution is 14.1. The van der Waals surface area contributed by atoms with Gasteiger partial charge in [-0.05, 0) is 12.1 Å². The summed E-state index contributed by atoms with van der Waals surface area (Å²) >= 11 is 2.26. The van der Waals surface area contributed by atoms with Gasteiger partial charge in [0.25, 0.3) is 5.69 Å². The van der Waals surface area contributed by atoms with E-state index in [2.05, 4.69) is 22.6 Å². The van der Waals surface area contributed by atoms with Crippen molar-refractivity contribution in [1.29, 1.82) is 0 Å². The fourth-order valence-electron chi connectivity index (χ4n) is 1.70. The van der Waals surface area contributed by atoms with Crippen LogP contribution in [0.25, 0.3) is 0 Å². The molecular formula is C16H24INO7. The molecule has 0 unspecified atom stereocenters. The lowest BCUT2D eigenvalue weighted by molar-refractivity contribution is -0.384. The van der Waals surface area contributed by atoms with Crippen LogP contribution in [0.2, 0.25) is 0 Å². The van der Waals surface area contributed by atoms with E-state index in [9.17, 15) is 10.1 Å². The van der Waals surface area contributed by atoms with Crippen LogP contribution in [-0.2, 0) is 18.9 Å². The minimum atomic E-state index is -0.447. The van der Waals surface area contributed by atoms with E-state index in [1.165, 1.54) is 12.1 Å². The number of hydrogen-bond donors (Lipinski definition) is 0. The van der Waals surface area contributed by atoms with Crippen LogP contribution in [-0.4, -0.2) is 68.8 Å². The fourth-order valence-corrected chi connectivity index (χ4v) is 2.01. The molecule has 8 nitrogen and oxygen atoms in total. The van der Waals surface area contributed by atoms with Crippen molar-refractivity contribution in [3.8, 4) is 5.75 Å². The molecule has 0 aliphatic rings. The van der Waals surface area contributed by atoms with Gasteiger partial charge in [0, 0.05) is 16.6 Å². The van der Waals surface area contributed by atoms with Gasteiger partial charge >= 0.3 is 0 Å². The predicted octanol–water partition coefficient (Wildman–Crippen LogP) is 2.48. The maximum absolute atomic E-state index is 10.5. The summed E-state index contributed by atoms with van der Waals surface area (Å²) in [6.45, 7) is 4.77. The van der Waals surface area contributed by atoms with Crippen LogP contribution in [0.15, 0.2) is 24.3 Å². The Morgan fingerprint density at radius 2 is 1.20 bits per heavy atom. The van der Waals surface area contributed by atoms with Crippen molar-refractivity contribution in [2.45, 2.75) is 0 Å². The number of non-ortho nitro benzene ring substituents is 1. The van der Waals surface area contributed by atoms with Gasteiger partial charge in [-0.1, -0.05) is 22.6 Å². The second-order valence-corrected chi connectivity index (χ2v) is 5.82. The Morgan fingerprint density at radius 3 is 1.64 bits per heavy atom. The molecule has 1 rings (SSSR count). The average molecular weight is 469 g/mol. The summed E-state index contributed by atoms with van der Waals surface area (Å²) < 4.78 is 27.8. The van der Waals surface area contributed by atoms with Crippen molar-refractivity contribution in [3.63, 3.8) is 0 Å². The summed E-state index contributed by atoms with van der Waals surface area (Å²) in [7, 11) is 0. The molecule has 0 aliphatic carbocycles. The Balaban J connectivity index is 1.85. The van der Waals surface area contributed by atoms with E-state index in [1.807, 2.05) is 0 Å². The van der Waals surface area contributed by atoms with Crippen molar-refractivity contribution >= 4 is 28.3 Å². The van der Waals surface area contributed by atoms with Gasteiger partial charge in [0.15, 0.2) is 0 Å². The number of nitro groups is 1. The maximum Gasteiger partial charge on any atom is 0.269 e. The average Bonchev–Trinajstić information content (AvgIpc) is 2.62. The molecule has 1 aromatic rings. The van der Waals surface area contributed by atoms with Crippen molar-refractivity contribution in [3.05, 3.63) is 34.4 Å². The number of nitrogens with zero attached hydrogens (tertiary/aromatic N) is 1. The highest BCUT2D eigenvalue weighted by atomic mass is 127. The molecule has 0 aromatic heterocycles. The van der Waals surface area contributed by atoms with Crippen molar-refractivity contribution in [2.75, 3.05) is 63.9 Å². The van der Waals surface area contributed by atoms with Gasteiger partial charge in [-0.15, -0.1) is 0 Å². The largest absolute Gasteiger partial charge is 0.491 e. The van der Waals surface area contributed by atoms with E-state index in [-0.39, 0.29) is 5.69 Å². The van der Waals surface area contributed by atoms with E-state index in [1.54, 1.807) is 12.1 Å². The molecule has 0 atom stereocenters. The van der Waals surface area contributed by atoms with Gasteiger partial charge < -0.3 is 23.7 Å². The molecule has 0 fully saturated rings. The third-order valence-corrected chi connectivity index (χ3v) is 3.32. The first kappa shape index (κ1) is 22.0. The van der Waals surface area contributed by atoms with Gasteiger partial charge in [-0.2, -0.15) is 0 Å². The maximum atomic E-state index is 10.5. The van der Waals surface area contributed by atoms with Crippen LogP contribution in [0.5, 0.6) is 5.75 Å². The summed E-state index contributed by atoms with van der Waals surface area (Å²) in [5, 5.41) is 10.5. The summed E-state index contributed by atoms with van der Waals surface area (Å²) in [5.41, 5.74) is 0.0397. The zero-order valence-electron chi connectivity index (χ0n) is 14.1. The first-order valence-electron chi connectivity index (χ1n) is 7.98. The number of alkyl halides is 1. The van der Waals surface area contributed by atoms with Crippen LogP contribution < -0.4 is 4.74 Å². The number of benzene rings is 1. The SMILES string of the molecule is O=[N+]([O-])c1ccc(OCCOCCOCCOCCOCCI)cc1. The lowest BCUT2D eigenvalue weighted by Gasteiger charge is -2.08. The summed E-state index contributed by atoms with van der Waals surface area (Å²) in [4.78, 5) is 10.1. The zero-order chi connectivity index (χ0) is 18.2. The van der Waals surface area contributed by atoms with Crippen LogP contribution >= 0.6 is 22.6 Å². The summed E-state index contributed by atoms with van der Waals surface area (Å²) in [6, 6.07) is 5.94. The summed E-state index contributed by atoms with van der Waals surface area (Å²) in [6.07, 6.45) is 0. The first-order valence-corrected chi connectivity index (χ1v) is 9.51. The lowest BCUT2D eigenvalue weighted by atomic mass is 10.3. The Labute approximate surface area is 161 Å². The smallest absolute Gasteiger partial charge is 0.269 e. The molecule has 0 spiro atoms. The summed E-state index contributed by atoms with van der Waals surface area (Å²) in [5.74, 6) is 0.574. The van der Waals surface area contributed by atoms with Gasteiger partial charge in [0.05, 0.1) is 57.8 Å². The molecular weight excluding hydrogens is 445 g/mol. The van der Waals surface area contributed by atoms with E-state index < -0.39 is 4.92 Å².